The van der Waals surface area contributed by atoms with Gasteiger partial charge in [0, 0.05) is 42.9 Å². The molecule has 1 aliphatic carbocycles. The number of ketones is 1. The fourth-order valence-electron chi connectivity index (χ4n) is 4.26. The zero-order chi connectivity index (χ0) is 21.3. The maximum atomic E-state index is 14.6. The molecule has 0 N–H and O–H groups in total. The summed E-state index contributed by atoms with van der Waals surface area (Å²) in [5, 5.41) is 0.156. The molecular formula is C23H31FN2O3S. The minimum absolute atomic E-state index is 0.0757. The zero-order valence-electron chi connectivity index (χ0n) is 17.7. The maximum Gasteiger partial charge on any atom is 0.176 e. The number of Topliss-reactive ketones (excluding diaryl/α,β-unsaturated/α-hetero) is 1. The lowest BCUT2D eigenvalue weighted by Gasteiger charge is -2.38. The fourth-order valence-corrected chi connectivity index (χ4v) is 4.56. The molecule has 0 bridgehead atoms. The SMILES string of the molecule is CC1OC(CN(C)C/C=C2\CN(C(C(=O)C3CC3)c3ccccc3F)CCC2S)O1. The van der Waals surface area contributed by atoms with Crippen molar-refractivity contribution in [3.05, 3.63) is 47.3 Å². The highest BCUT2D eigenvalue weighted by Gasteiger charge is 2.40. The van der Waals surface area contributed by atoms with Crippen LogP contribution >= 0.6 is 12.6 Å². The molecule has 2 aliphatic heterocycles. The summed E-state index contributed by atoms with van der Waals surface area (Å²) in [5.41, 5.74) is 1.68. The smallest absolute Gasteiger partial charge is 0.176 e. The number of nitrogens with zero attached hydrogens (tertiary/aromatic N) is 2. The average Bonchev–Trinajstić information content (AvgIpc) is 3.54. The monoisotopic (exact) mass is 434 g/mol. The molecule has 4 rings (SSSR count). The summed E-state index contributed by atoms with van der Waals surface area (Å²) in [7, 11) is 2.03. The van der Waals surface area contributed by atoms with Gasteiger partial charge in [-0.3, -0.25) is 14.6 Å². The Hall–Kier alpha value is -1.25. The van der Waals surface area contributed by atoms with Gasteiger partial charge in [-0.05, 0) is 44.9 Å². The van der Waals surface area contributed by atoms with E-state index in [0.29, 0.717) is 18.7 Å². The molecule has 3 fully saturated rings. The quantitative estimate of drug-likeness (QED) is 0.502. The highest BCUT2D eigenvalue weighted by atomic mass is 32.1. The van der Waals surface area contributed by atoms with Crippen LogP contribution in [0.3, 0.4) is 0 Å². The number of carbonyl (C=O) groups is 1. The number of likely N-dealkylation sites (N-methyl/N-ethyl adjacent to an activating group) is 1. The number of rotatable bonds is 8. The van der Waals surface area contributed by atoms with E-state index in [9.17, 15) is 9.18 Å². The van der Waals surface area contributed by atoms with E-state index in [4.69, 9.17) is 22.1 Å². The summed E-state index contributed by atoms with van der Waals surface area (Å²) < 4.78 is 25.6. The maximum absolute atomic E-state index is 14.6. The van der Waals surface area contributed by atoms with Crippen LogP contribution in [-0.4, -0.2) is 66.6 Å². The van der Waals surface area contributed by atoms with Crippen LogP contribution in [0, 0.1) is 11.7 Å². The normalized spacial score (nSPS) is 29.8. The minimum atomic E-state index is -0.515. The van der Waals surface area contributed by atoms with Crippen molar-refractivity contribution < 1.29 is 18.7 Å². The molecule has 164 valence electrons. The van der Waals surface area contributed by atoms with Crippen LogP contribution < -0.4 is 0 Å². The van der Waals surface area contributed by atoms with Gasteiger partial charge in [0.2, 0.25) is 0 Å². The number of likely N-dealkylation sites (tertiary alicyclic amines) is 1. The van der Waals surface area contributed by atoms with Gasteiger partial charge in [-0.1, -0.05) is 24.3 Å². The zero-order valence-corrected chi connectivity index (χ0v) is 18.6. The Kier molecular flexibility index (Phi) is 6.95. The van der Waals surface area contributed by atoms with Gasteiger partial charge >= 0.3 is 0 Å². The molecule has 1 aromatic rings. The summed E-state index contributed by atoms with van der Waals surface area (Å²) in [6.45, 7) is 4.70. The molecule has 2 unspecified atom stereocenters. The molecule has 2 heterocycles. The van der Waals surface area contributed by atoms with Crippen molar-refractivity contribution in [1.29, 1.82) is 0 Å². The van der Waals surface area contributed by atoms with Crippen LogP contribution in [0.5, 0.6) is 0 Å². The van der Waals surface area contributed by atoms with Crippen LogP contribution in [0.1, 0.15) is 37.8 Å². The minimum Gasteiger partial charge on any atom is -0.323 e. The largest absolute Gasteiger partial charge is 0.323 e. The number of halogens is 1. The predicted octanol–water partition coefficient (Wildman–Crippen LogP) is 3.43. The van der Waals surface area contributed by atoms with Gasteiger partial charge in [0.05, 0.1) is 6.04 Å². The Balaban J connectivity index is 1.46. The van der Waals surface area contributed by atoms with Crippen LogP contribution in [0.2, 0.25) is 0 Å². The third-order valence-electron chi connectivity index (χ3n) is 6.13. The summed E-state index contributed by atoms with van der Waals surface area (Å²) in [6, 6.07) is 6.18. The Morgan fingerprint density at radius 2 is 2.07 bits per heavy atom. The molecule has 7 heteroatoms. The van der Waals surface area contributed by atoms with Crippen molar-refractivity contribution in [1.82, 2.24) is 9.80 Å². The van der Waals surface area contributed by atoms with E-state index in [0.717, 1.165) is 32.4 Å². The first-order valence-electron chi connectivity index (χ1n) is 10.8. The van der Waals surface area contributed by atoms with E-state index in [2.05, 4.69) is 15.9 Å². The number of ether oxygens (including phenoxy) is 2. The fraction of sp³-hybridized carbons (Fsp3) is 0.609. The first kappa shape index (κ1) is 22.0. The summed E-state index contributed by atoms with van der Waals surface area (Å²) in [5.74, 6) is -0.0705. The summed E-state index contributed by atoms with van der Waals surface area (Å²) in [4.78, 5) is 17.4. The second kappa shape index (κ2) is 9.49. The Labute approximate surface area is 183 Å². The topological polar surface area (TPSA) is 42.0 Å². The number of hydrogen-bond donors (Lipinski definition) is 1. The van der Waals surface area contributed by atoms with Gasteiger partial charge in [-0.25, -0.2) is 4.39 Å². The van der Waals surface area contributed by atoms with E-state index in [1.165, 1.54) is 11.6 Å². The van der Waals surface area contributed by atoms with Gasteiger partial charge in [-0.2, -0.15) is 12.6 Å². The molecule has 1 aromatic carbocycles. The summed E-state index contributed by atoms with van der Waals surface area (Å²) in [6.07, 6.45) is 4.59. The lowest BCUT2D eigenvalue weighted by Crippen LogP contribution is -2.46. The molecule has 0 spiro atoms. The summed E-state index contributed by atoms with van der Waals surface area (Å²) >= 11 is 4.77. The van der Waals surface area contributed by atoms with Crippen LogP contribution in [0.15, 0.2) is 35.9 Å². The van der Waals surface area contributed by atoms with Crippen molar-refractivity contribution in [2.75, 3.05) is 33.2 Å². The van der Waals surface area contributed by atoms with E-state index in [1.807, 2.05) is 20.0 Å². The molecule has 30 heavy (non-hydrogen) atoms. The number of piperidine rings is 1. The Morgan fingerprint density at radius 1 is 1.33 bits per heavy atom. The van der Waals surface area contributed by atoms with Gasteiger partial charge < -0.3 is 9.47 Å². The molecule has 2 atom stereocenters. The highest BCUT2D eigenvalue weighted by Crippen LogP contribution is 2.39. The van der Waals surface area contributed by atoms with Gasteiger partial charge in [0.15, 0.2) is 18.4 Å². The molecule has 3 aliphatic rings. The molecule has 0 amide bonds. The predicted molar refractivity (Wildman–Crippen MR) is 117 cm³/mol. The average molecular weight is 435 g/mol. The van der Waals surface area contributed by atoms with Crippen molar-refractivity contribution in [3.8, 4) is 0 Å². The van der Waals surface area contributed by atoms with Crippen LogP contribution in [0.4, 0.5) is 4.39 Å². The molecule has 0 aromatic heterocycles. The lowest BCUT2D eigenvalue weighted by atomic mass is 9.93. The number of carbonyl (C=O) groups excluding carboxylic acids is 1. The third-order valence-corrected chi connectivity index (χ3v) is 6.72. The van der Waals surface area contributed by atoms with E-state index >= 15 is 0 Å². The van der Waals surface area contributed by atoms with E-state index in [1.54, 1.807) is 12.1 Å². The molecular weight excluding hydrogens is 403 g/mol. The van der Waals surface area contributed by atoms with Crippen molar-refractivity contribution >= 4 is 18.4 Å². The second-order valence-electron chi connectivity index (χ2n) is 8.65. The van der Waals surface area contributed by atoms with Gasteiger partial charge in [-0.15, -0.1) is 0 Å². The van der Waals surface area contributed by atoms with Crippen LogP contribution in [-0.2, 0) is 14.3 Å². The Morgan fingerprint density at radius 3 is 2.73 bits per heavy atom. The van der Waals surface area contributed by atoms with E-state index < -0.39 is 6.04 Å². The molecule has 5 nitrogen and oxygen atoms in total. The van der Waals surface area contributed by atoms with Crippen LogP contribution in [0.25, 0.3) is 0 Å². The van der Waals surface area contributed by atoms with Crippen molar-refractivity contribution in [3.63, 3.8) is 0 Å². The third kappa shape index (κ3) is 5.14. The highest BCUT2D eigenvalue weighted by molar-refractivity contribution is 7.81. The number of benzene rings is 1. The van der Waals surface area contributed by atoms with Crippen molar-refractivity contribution in [2.24, 2.45) is 5.92 Å². The molecule has 2 saturated heterocycles. The first-order chi connectivity index (χ1) is 14.4. The molecule has 0 radical (unpaired) electrons. The van der Waals surface area contributed by atoms with E-state index in [-0.39, 0.29) is 35.3 Å². The molecule has 1 saturated carbocycles. The van der Waals surface area contributed by atoms with Gasteiger partial charge in [0.1, 0.15) is 5.82 Å². The number of thiol groups is 1. The Bertz CT molecular complexity index is 794. The first-order valence-corrected chi connectivity index (χ1v) is 11.3. The van der Waals surface area contributed by atoms with Gasteiger partial charge in [0.25, 0.3) is 0 Å². The number of hydrogen-bond acceptors (Lipinski definition) is 6. The standard InChI is InChI=1S/C23H31FN2O3S/c1-15-28-21(29-15)14-25(2)11-9-17-13-26(12-10-20(17)30)22(23(27)16-7-8-16)18-5-3-4-6-19(18)24/h3-6,9,15-16,20-22,30H,7-8,10-14H2,1-2H3/b17-9+. The lowest BCUT2D eigenvalue weighted by molar-refractivity contribution is -0.377. The van der Waals surface area contributed by atoms with Crippen molar-refractivity contribution in [2.45, 2.75) is 50.1 Å². The second-order valence-corrected chi connectivity index (χ2v) is 9.27.